The molecule has 3 heterocycles. The standard InChI is InChI=1S/C24H27Cl2N5O/c25-20-7-6-16(12-21(20)26)30-24-29-14-19-22(31-24)18(15-4-2-1-3-5-15)13-28-23(19)32-17-8-10-27-11-9-17/h6-7,12-15,17,27H,1-5,8-11H2,(H,29,30,31). The summed E-state index contributed by atoms with van der Waals surface area (Å²) in [5, 5.41) is 8.52. The Balaban J connectivity index is 1.51. The smallest absolute Gasteiger partial charge is 0.227 e. The van der Waals surface area contributed by atoms with Crippen LogP contribution in [0.15, 0.2) is 30.6 Å². The second kappa shape index (κ2) is 9.77. The molecule has 8 heteroatoms. The van der Waals surface area contributed by atoms with Crippen LogP contribution >= 0.6 is 23.2 Å². The second-order valence-corrected chi connectivity index (χ2v) is 9.45. The van der Waals surface area contributed by atoms with Gasteiger partial charge in [-0.05, 0) is 62.9 Å². The van der Waals surface area contributed by atoms with Crippen molar-refractivity contribution >= 4 is 45.7 Å². The van der Waals surface area contributed by atoms with Crippen molar-refractivity contribution in [2.45, 2.75) is 57.0 Å². The van der Waals surface area contributed by atoms with Crippen molar-refractivity contribution < 1.29 is 4.74 Å². The molecule has 1 aliphatic carbocycles. The lowest BCUT2D eigenvalue weighted by atomic mass is 9.84. The zero-order valence-corrected chi connectivity index (χ0v) is 19.4. The molecule has 5 rings (SSSR count). The Kier molecular flexibility index (Phi) is 6.62. The summed E-state index contributed by atoms with van der Waals surface area (Å²) in [4.78, 5) is 14.2. The van der Waals surface area contributed by atoms with Crippen LogP contribution in [0.1, 0.15) is 56.4 Å². The first-order valence-corrected chi connectivity index (χ1v) is 12.2. The zero-order valence-electron chi connectivity index (χ0n) is 17.9. The number of piperidine rings is 1. The normalized spacial score (nSPS) is 18.1. The lowest BCUT2D eigenvalue weighted by molar-refractivity contribution is 0.158. The summed E-state index contributed by atoms with van der Waals surface area (Å²) in [5.74, 6) is 1.62. The van der Waals surface area contributed by atoms with Crippen molar-refractivity contribution in [2.75, 3.05) is 18.4 Å². The number of hydrogen-bond acceptors (Lipinski definition) is 6. The monoisotopic (exact) mass is 471 g/mol. The molecular formula is C24H27Cl2N5O. The fraction of sp³-hybridized carbons (Fsp3) is 0.458. The Morgan fingerprint density at radius 3 is 2.53 bits per heavy atom. The van der Waals surface area contributed by atoms with E-state index in [-0.39, 0.29) is 6.10 Å². The van der Waals surface area contributed by atoms with E-state index in [0.29, 0.717) is 27.8 Å². The molecule has 168 valence electrons. The molecular weight excluding hydrogens is 445 g/mol. The molecule has 1 aromatic carbocycles. The van der Waals surface area contributed by atoms with E-state index >= 15 is 0 Å². The Morgan fingerprint density at radius 1 is 0.938 bits per heavy atom. The largest absolute Gasteiger partial charge is 0.474 e. The molecule has 0 radical (unpaired) electrons. The molecule has 0 bridgehead atoms. The SMILES string of the molecule is Clc1ccc(Nc2ncc3c(OC4CCNCC4)ncc(C4CCCCC4)c3n2)cc1Cl. The zero-order chi connectivity index (χ0) is 21.9. The summed E-state index contributed by atoms with van der Waals surface area (Å²) in [7, 11) is 0. The number of nitrogens with zero attached hydrogens (tertiary/aromatic N) is 3. The maximum atomic E-state index is 6.31. The number of halogens is 2. The third-order valence-corrected chi connectivity index (χ3v) is 7.14. The van der Waals surface area contributed by atoms with Gasteiger partial charge < -0.3 is 15.4 Å². The van der Waals surface area contributed by atoms with Crippen LogP contribution in [0.4, 0.5) is 11.6 Å². The maximum Gasteiger partial charge on any atom is 0.227 e. The van der Waals surface area contributed by atoms with Gasteiger partial charge in [-0.2, -0.15) is 0 Å². The number of ether oxygens (including phenoxy) is 1. The molecule has 1 aliphatic heterocycles. The first-order valence-electron chi connectivity index (χ1n) is 11.4. The average Bonchev–Trinajstić information content (AvgIpc) is 2.83. The highest BCUT2D eigenvalue weighted by Crippen LogP contribution is 2.38. The first kappa shape index (κ1) is 21.7. The van der Waals surface area contributed by atoms with Gasteiger partial charge in [-0.15, -0.1) is 0 Å². The van der Waals surface area contributed by atoms with E-state index in [1.54, 1.807) is 12.1 Å². The number of nitrogens with one attached hydrogen (secondary N) is 2. The Bertz CT molecular complexity index is 1100. The van der Waals surface area contributed by atoms with E-state index in [4.69, 9.17) is 37.9 Å². The van der Waals surface area contributed by atoms with Gasteiger partial charge in [0, 0.05) is 23.6 Å². The van der Waals surface area contributed by atoms with Crippen LogP contribution < -0.4 is 15.4 Å². The molecule has 0 spiro atoms. The molecule has 0 amide bonds. The van der Waals surface area contributed by atoms with Gasteiger partial charge in [-0.25, -0.2) is 15.0 Å². The molecule has 1 saturated carbocycles. The summed E-state index contributed by atoms with van der Waals surface area (Å²) in [6, 6.07) is 5.40. The molecule has 2 aromatic heterocycles. The van der Waals surface area contributed by atoms with Crippen molar-refractivity contribution in [2.24, 2.45) is 0 Å². The molecule has 2 fully saturated rings. The van der Waals surface area contributed by atoms with E-state index in [1.807, 2.05) is 18.5 Å². The Morgan fingerprint density at radius 2 is 1.75 bits per heavy atom. The Hall–Kier alpha value is -2.15. The van der Waals surface area contributed by atoms with Crippen molar-refractivity contribution in [3.05, 3.63) is 46.2 Å². The molecule has 0 atom stereocenters. The number of pyridine rings is 1. The summed E-state index contributed by atoms with van der Waals surface area (Å²) >= 11 is 12.2. The molecule has 1 saturated heterocycles. The number of hydrogen-bond donors (Lipinski definition) is 2. The third kappa shape index (κ3) is 4.77. The number of anilines is 2. The van der Waals surface area contributed by atoms with Crippen LogP contribution in [-0.2, 0) is 0 Å². The fourth-order valence-electron chi connectivity index (χ4n) is 4.66. The molecule has 32 heavy (non-hydrogen) atoms. The lowest BCUT2D eigenvalue weighted by Crippen LogP contribution is -2.34. The summed E-state index contributed by atoms with van der Waals surface area (Å²) in [5.41, 5.74) is 2.91. The first-order chi connectivity index (χ1) is 15.7. The highest BCUT2D eigenvalue weighted by Gasteiger charge is 2.23. The number of benzene rings is 1. The fourth-order valence-corrected chi connectivity index (χ4v) is 4.96. The van der Waals surface area contributed by atoms with Crippen molar-refractivity contribution in [1.29, 1.82) is 0 Å². The van der Waals surface area contributed by atoms with Gasteiger partial charge in [0.1, 0.15) is 6.10 Å². The summed E-state index contributed by atoms with van der Waals surface area (Å²) in [6.07, 6.45) is 12.1. The van der Waals surface area contributed by atoms with Crippen LogP contribution in [-0.4, -0.2) is 34.1 Å². The van der Waals surface area contributed by atoms with Gasteiger partial charge in [-0.1, -0.05) is 42.5 Å². The highest BCUT2D eigenvalue weighted by molar-refractivity contribution is 6.42. The third-order valence-electron chi connectivity index (χ3n) is 6.40. The van der Waals surface area contributed by atoms with Gasteiger partial charge in [0.2, 0.25) is 11.8 Å². The number of rotatable bonds is 5. The van der Waals surface area contributed by atoms with E-state index in [1.165, 1.54) is 37.7 Å². The Labute approximate surface area is 198 Å². The van der Waals surface area contributed by atoms with Gasteiger partial charge in [0.25, 0.3) is 0 Å². The van der Waals surface area contributed by atoms with E-state index in [2.05, 4.69) is 15.6 Å². The number of fused-ring (bicyclic) bond motifs is 1. The maximum absolute atomic E-state index is 6.31. The second-order valence-electron chi connectivity index (χ2n) is 8.63. The number of aromatic nitrogens is 3. The minimum absolute atomic E-state index is 0.168. The molecule has 2 aliphatic rings. The average molecular weight is 472 g/mol. The molecule has 3 aromatic rings. The highest BCUT2D eigenvalue weighted by atomic mass is 35.5. The molecule has 6 nitrogen and oxygen atoms in total. The van der Waals surface area contributed by atoms with Gasteiger partial charge in [-0.3, -0.25) is 0 Å². The topological polar surface area (TPSA) is 72.0 Å². The van der Waals surface area contributed by atoms with Gasteiger partial charge in [0.05, 0.1) is 20.9 Å². The van der Waals surface area contributed by atoms with Crippen LogP contribution in [0.25, 0.3) is 10.9 Å². The van der Waals surface area contributed by atoms with E-state index in [9.17, 15) is 0 Å². The van der Waals surface area contributed by atoms with Crippen molar-refractivity contribution in [1.82, 2.24) is 20.3 Å². The quantitative estimate of drug-likeness (QED) is 0.457. The van der Waals surface area contributed by atoms with Crippen LogP contribution in [0.2, 0.25) is 10.0 Å². The minimum atomic E-state index is 0.168. The van der Waals surface area contributed by atoms with Crippen molar-refractivity contribution in [3.63, 3.8) is 0 Å². The van der Waals surface area contributed by atoms with E-state index in [0.717, 1.165) is 42.5 Å². The van der Waals surface area contributed by atoms with Crippen molar-refractivity contribution in [3.8, 4) is 5.88 Å². The van der Waals surface area contributed by atoms with Gasteiger partial charge in [0.15, 0.2) is 0 Å². The van der Waals surface area contributed by atoms with Gasteiger partial charge >= 0.3 is 0 Å². The lowest BCUT2D eigenvalue weighted by Gasteiger charge is -2.25. The van der Waals surface area contributed by atoms with Crippen LogP contribution in [0, 0.1) is 0 Å². The predicted octanol–water partition coefficient (Wildman–Crippen LogP) is 6.25. The summed E-state index contributed by atoms with van der Waals surface area (Å²) < 4.78 is 6.31. The molecule has 0 unspecified atom stereocenters. The van der Waals surface area contributed by atoms with Crippen LogP contribution in [0.3, 0.4) is 0 Å². The minimum Gasteiger partial charge on any atom is -0.474 e. The van der Waals surface area contributed by atoms with Crippen LogP contribution in [0.5, 0.6) is 5.88 Å². The molecule has 2 N–H and O–H groups in total. The predicted molar refractivity (Wildman–Crippen MR) is 129 cm³/mol. The summed E-state index contributed by atoms with van der Waals surface area (Å²) in [6.45, 7) is 1.94. The van der Waals surface area contributed by atoms with E-state index < -0.39 is 0 Å².